The number of halogens is 1. The van der Waals surface area contributed by atoms with Gasteiger partial charge in [-0.1, -0.05) is 12.1 Å². The van der Waals surface area contributed by atoms with Crippen molar-refractivity contribution in [2.45, 2.75) is 58.9 Å². The summed E-state index contributed by atoms with van der Waals surface area (Å²) in [6, 6.07) is 6.49. The van der Waals surface area contributed by atoms with Gasteiger partial charge in [-0.25, -0.2) is 4.39 Å². The minimum Gasteiger partial charge on any atom is -0.322 e. The molecule has 4 saturated carbocycles. The largest absolute Gasteiger partial charge is 0.322 e. The van der Waals surface area contributed by atoms with Crippen LogP contribution in [-0.4, -0.2) is 15.7 Å². The highest BCUT2D eigenvalue weighted by molar-refractivity contribution is 5.96. The number of hydrogen-bond acceptors (Lipinski definition) is 2. The van der Waals surface area contributed by atoms with E-state index in [0.29, 0.717) is 6.54 Å². The molecule has 1 amide bonds. The van der Waals surface area contributed by atoms with Crippen LogP contribution in [0.15, 0.2) is 24.3 Å². The number of carbonyl (C=O) groups is 1. The molecule has 0 unspecified atom stereocenters. The summed E-state index contributed by atoms with van der Waals surface area (Å²) in [6.07, 6.45) is 7.19. The molecule has 0 spiro atoms. The van der Waals surface area contributed by atoms with Crippen molar-refractivity contribution in [2.24, 2.45) is 23.2 Å². The van der Waals surface area contributed by atoms with Crippen molar-refractivity contribution >= 4 is 11.6 Å². The molecular formula is C23H28FN3O. The Labute approximate surface area is 165 Å². The highest BCUT2D eigenvalue weighted by Crippen LogP contribution is 2.60. The maximum atomic E-state index is 13.4. The van der Waals surface area contributed by atoms with Gasteiger partial charge in [-0.15, -0.1) is 0 Å². The number of nitrogens with one attached hydrogen (secondary N) is 1. The number of nitrogens with zero attached hydrogens (tertiary/aromatic N) is 2. The predicted molar refractivity (Wildman–Crippen MR) is 106 cm³/mol. The Hall–Kier alpha value is -2.17. The van der Waals surface area contributed by atoms with Crippen LogP contribution < -0.4 is 5.32 Å². The summed E-state index contributed by atoms with van der Waals surface area (Å²) in [6.45, 7) is 4.52. The second-order valence-corrected chi connectivity index (χ2v) is 9.48. The lowest BCUT2D eigenvalue weighted by molar-refractivity contribution is -0.140. The molecule has 4 nitrogen and oxygen atoms in total. The van der Waals surface area contributed by atoms with Gasteiger partial charge in [0.05, 0.1) is 29.0 Å². The van der Waals surface area contributed by atoms with Gasteiger partial charge in [0.25, 0.3) is 0 Å². The molecule has 0 aliphatic heterocycles. The number of anilines is 1. The molecule has 1 aromatic carbocycles. The molecule has 4 bridgehead atoms. The van der Waals surface area contributed by atoms with Crippen molar-refractivity contribution < 1.29 is 9.18 Å². The van der Waals surface area contributed by atoms with Crippen LogP contribution in [0.1, 0.15) is 55.5 Å². The van der Waals surface area contributed by atoms with Crippen molar-refractivity contribution in [2.75, 3.05) is 5.32 Å². The second-order valence-electron chi connectivity index (χ2n) is 9.48. The summed E-state index contributed by atoms with van der Waals surface area (Å²) < 4.78 is 15.1. The molecule has 0 saturated heterocycles. The Bertz CT molecular complexity index is 879. The molecule has 6 rings (SSSR count). The summed E-state index contributed by atoms with van der Waals surface area (Å²) in [4.78, 5) is 13.4. The van der Waals surface area contributed by atoms with Crippen LogP contribution in [0.2, 0.25) is 0 Å². The third kappa shape index (κ3) is 2.96. The van der Waals surface area contributed by atoms with Gasteiger partial charge in [0.15, 0.2) is 0 Å². The number of amides is 1. The molecule has 148 valence electrons. The number of aryl methyl sites for hydroxylation is 1. The van der Waals surface area contributed by atoms with Gasteiger partial charge >= 0.3 is 0 Å². The van der Waals surface area contributed by atoms with Crippen LogP contribution in [0, 0.1) is 42.8 Å². The first-order valence-corrected chi connectivity index (χ1v) is 10.5. The number of hydrogen-bond donors (Lipinski definition) is 1. The Kier molecular flexibility index (Phi) is 4.11. The molecular weight excluding hydrogens is 353 g/mol. The Morgan fingerprint density at radius 1 is 1.11 bits per heavy atom. The van der Waals surface area contributed by atoms with Gasteiger partial charge in [-0.05, 0) is 87.8 Å². The van der Waals surface area contributed by atoms with E-state index in [1.54, 1.807) is 12.1 Å². The normalized spacial score (nSPS) is 30.6. The maximum absolute atomic E-state index is 13.4. The van der Waals surface area contributed by atoms with E-state index in [0.717, 1.165) is 59.7 Å². The highest BCUT2D eigenvalue weighted by atomic mass is 19.1. The van der Waals surface area contributed by atoms with E-state index in [9.17, 15) is 9.18 Å². The minimum atomic E-state index is -0.236. The molecule has 1 N–H and O–H groups in total. The van der Waals surface area contributed by atoms with Crippen LogP contribution in [0.25, 0.3) is 0 Å². The molecule has 1 aromatic heterocycles. The highest BCUT2D eigenvalue weighted by Gasteiger charge is 2.54. The van der Waals surface area contributed by atoms with Crippen LogP contribution in [0.3, 0.4) is 0 Å². The van der Waals surface area contributed by atoms with E-state index in [1.807, 2.05) is 18.5 Å². The van der Waals surface area contributed by atoms with Crippen LogP contribution in [0.4, 0.5) is 10.1 Å². The molecule has 4 aliphatic carbocycles. The Balaban J connectivity index is 1.36. The molecule has 0 atom stereocenters. The van der Waals surface area contributed by atoms with E-state index in [4.69, 9.17) is 0 Å². The number of aromatic nitrogens is 2. The van der Waals surface area contributed by atoms with Gasteiger partial charge in [0.2, 0.25) is 5.91 Å². The number of benzene rings is 1. The standard InChI is InChI=1S/C23H28FN3O/c1-14-21(15(2)27(26-14)13-16-3-5-20(24)6-4-16)25-22(28)23-10-17-7-18(11-23)9-19(8-17)12-23/h3-6,17-19H,7-13H2,1-2H3,(H,25,28). The topological polar surface area (TPSA) is 46.9 Å². The average Bonchev–Trinajstić information content (AvgIpc) is 2.90. The lowest BCUT2D eigenvalue weighted by Gasteiger charge is -2.55. The maximum Gasteiger partial charge on any atom is 0.230 e. The quantitative estimate of drug-likeness (QED) is 0.824. The molecule has 4 aliphatic rings. The van der Waals surface area contributed by atoms with E-state index < -0.39 is 0 Å². The van der Waals surface area contributed by atoms with Crippen molar-refractivity contribution in [3.63, 3.8) is 0 Å². The lowest BCUT2D eigenvalue weighted by Crippen LogP contribution is -2.51. The minimum absolute atomic E-state index is 0.160. The van der Waals surface area contributed by atoms with E-state index in [2.05, 4.69) is 10.4 Å². The third-order valence-corrected chi connectivity index (χ3v) is 7.39. The first kappa shape index (κ1) is 17.9. The van der Waals surface area contributed by atoms with Gasteiger partial charge in [-0.2, -0.15) is 5.10 Å². The summed E-state index contributed by atoms with van der Waals surface area (Å²) in [7, 11) is 0. The van der Waals surface area contributed by atoms with Crippen molar-refractivity contribution in [3.05, 3.63) is 47.0 Å². The Morgan fingerprint density at radius 3 is 2.25 bits per heavy atom. The first-order valence-electron chi connectivity index (χ1n) is 10.5. The zero-order valence-corrected chi connectivity index (χ0v) is 16.7. The van der Waals surface area contributed by atoms with Gasteiger partial charge < -0.3 is 5.32 Å². The van der Waals surface area contributed by atoms with Crippen molar-refractivity contribution in [1.29, 1.82) is 0 Å². The Morgan fingerprint density at radius 2 is 1.68 bits per heavy atom. The third-order valence-electron chi connectivity index (χ3n) is 7.39. The fourth-order valence-electron chi connectivity index (χ4n) is 6.43. The molecule has 28 heavy (non-hydrogen) atoms. The predicted octanol–water partition coefficient (Wildman–Crippen LogP) is 4.84. The summed E-state index contributed by atoms with van der Waals surface area (Å²) >= 11 is 0. The monoisotopic (exact) mass is 381 g/mol. The first-order chi connectivity index (χ1) is 13.4. The van der Waals surface area contributed by atoms with Crippen LogP contribution in [0.5, 0.6) is 0 Å². The molecule has 2 aromatic rings. The number of rotatable bonds is 4. The molecule has 5 heteroatoms. The van der Waals surface area contributed by atoms with Crippen molar-refractivity contribution in [3.8, 4) is 0 Å². The molecule has 1 heterocycles. The fourth-order valence-corrected chi connectivity index (χ4v) is 6.43. The zero-order valence-electron chi connectivity index (χ0n) is 16.7. The number of carbonyl (C=O) groups excluding carboxylic acids is 1. The summed E-state index contributed by atoms with van der Waals surface area (Å²) in [5.41, 5.74) is 3.48. The fraction of sp³-hybridized carbons (Fsp3) is 0.565. The lowest BCUT2D eigenvalue weighted by atomic mass is 9.49. The molecule has 4 fully saturated rings. The van der Waals surface area contributed by atoms with Gasteiger partial charge in [-0.3, -0.25) is 9.48 Å². The van der Waals surface area contributed by atoms with Crippen LogP contribution in [-0.2, 0) is 11.3 Å². The SMILES string of the molecule is Cc1nn(Cc2ccc(F)cc2)c(C)c1NC(=O)C12CC3CC(CC(C3)C1)C2. The summed E-state index contributed by atoms with van der Waals surface area (Å²) in [5, 5.41) is 7.90. The van der Waals surface area contributed by atoms with Crippen molar-refractivity contribution in [1.82, 2.24) is 9.78 Å². The zero-order chi connectivity index (χ0) is 19.5. The van der Waals surface area contributed by atoms with Crippen LogP contribution >= 0.6 is 0 Å². The molecule has 0 radical (unpaired) electrons. The van der Waals surface area contributed by atoms with Gasteiger partial charge in [0, 0.05) is 0 Å². The van der Waals surface area contributed by atoms with Gasteiger partial charge in [0.1, 0.15) is 5.82 Å². The summed E-state index contributed by atoms with van der Waals surface area (Å²) in [5.74, 6) is 2.22. The average molecular weight is 381 g/mol. The second kappa shape index (κ2) is 6.43. The van der Waals surface area contributed by atoms with E-state index in [-0.39, 0.29) is 17.1 Å². The smallest absolute Gasteiger partial charge is 0.230 e. The van der Waals surface area contributed by atoms with E-state index in [1.165, 1.54) is 31.4 Å². The van der Waals surface area contributed by atoms with E-state index >= 15 is 0 Å².